The molecule has 1 aliphatic carbocycles. The minimum absolute atomic E-state index is 0.0469. The summed E-state index contributed by atoms with van der Waals surface area (Å²) in [6.45, 7) is -0.0885. The quantitative estimate of drug-likeness (QED) is 0.897. The van der Waals surface area contributed by atoms with E-state index in [9.17, 15) is 22.8 Å². The monoisotopic (exact) mass is 346 g/mol. The molecule has 24 heavy (non-hydrogen) atoms. The number of carbonyl (C=O) groups is 2. The summed E-state index contributed by atoms with van der Waals surface area (Å²) in [6.07, 6.45) is -1.49. The molecular weight excluding hydrogens is 329 g/mol. The number of aromatic nitrogens is 3. The molecule has 0 radical (unpaired) electrons. The molecule has 1 aromatic heterocycles. The van der Waals surface area contributed by atoms with Crippen molar-refractivity contribution < 1.29 is 27.9 Å². The molecule has 7 nitrogen and oxygen atoms in total. The van der Waals surface area contributed by atoms with Gasteiger partial charge in [-0.15, -0.1) is 5.10 Å². The number of likely N-dealkylation sites (tertiary alicyclic amines) is 1. The van der Waals surface area contributed by atoms with Crippen LogP contribution in [-0.4, -0.2) is 56.1 Å². The summed E-state index contributed by atoms with van der Waals surface area (Å²) in [5.74, 6) is -2.98. The number of carboxylic acid groups (broad SMARTS) is 1. The number of hydrogen-bond donors (Lipinski definition) is 1. The lowest BCUT2D eigenvalue weighted by atomic mass is 9.58. The van der Waals surface area contributed by atoms with E-state index < -0.39 is 23.5 Å². The second kappa shape index (κ2) is 5.75. The van der Waals surface area contributed by atoms with Crippen LogP contribution in [0.5, 0.6) is 0 Å². The van der Waals surface area contributed by atoms with E-state index >= 15 is 0 Å². The van der Waals surface area contributed by atoms with Crippen molar-refractivity contribution in [2.24, 2.45) is 11.3 Å². The molecule has 1 saturated heterocycles. The first-order valence-corrected chi connectivity index (χ1v) is 7.69. The van der Waals surface area contributed by atoms with E-state index in [-0.39, 0.29) is 37.7 Å². The normalized spacial score (nSPS) is 23.1. The van der Waals surface area contributed by atoms with Gasteiger partial charge in [0.05, 0.1) is 12.1 Å². The van der Waals surface area contributed by atoms with E-state index in [1.165, 1.54) is 4.90 Å². The Kier molecular flexibility index (Phi) is 4.00. The Morgan fingerprint density at radius 3 is 2.58 bits per heavy atom. The number of hydrogen-bond acceptors (Lipinski definition) is 4. The molecule has 2 aliphatic rings. The van der Waals surface area contributed by atoms with Crippen molar-refractivity contribution in [3.05, 3.63) is 11.9 Å². The molecule has 1 N–H and O–H groups in total. The van der Waals surface area contributed by atoms with Crippen molar-refractivity contribution >= 4 is 11.9 Å². The summed E-state index contributed by atoms with van der Waals surface area (Å²) in [7, 11) is 0. The first kappa shape index (κ1) is 16.7. The van der Waals surface area contributed by atoms with Crippen LogP contribution in [0.2, 0.25) is 0 Å². The molecule has 1 unspecified atom stereocenters. The maximum atomic E-state index is 13.2. The molecule has 0 aromatic carbocycles. The Morgan fingerprint density at radius 2 is 2.08 bits per heavy atom. The zero-order valence-corrected chi connectivity index (χ0v) is 12.8. The number of carboxylic acids is 1. The van der Waals surface area contributed by atoms with Gasteiger partial charge in [-0.25, -0.2) is 9.48 Å². The molecule has 1 spiro atoms. The number of alkyl halides is 3. The van der Waals surface area contributed by atoms with Gasteiger partial charge < -0.3 is 10.0 Å². The molecule has 3 rings (SSSR count). The highest BCUT2D eigenvalue weighted by atomic mass is 19.4. The van der Waals surface area contributed by atoms with Crippen LogP contribution in [-0.2, 0) is 11.3 Å². The summed E-state index contributed by atoms with van der Waals surface area (Å²) >= 11 is 0. The van der Waals surface area contributed by atoms with Gasteiger partial charge in [0.25, 0.3) is 0 Å². The smallest absolute Gasteiger partial charge is 0.392 e. The van der Waals surface area contributed by atoms with E-state index in [1.54, 1.807) is 0 Å². The lowest BCUT2D eigenvalue weighted by molar-refractivity contribution is -0.237. The zero-order valence-electron chi connectivity index (χ0n) is 12.8. The van der Waals surface area contributed by atoms with Crippen molar-refractivity contribution in [3.8, 4) is 0 Å². The number of aromatic carboxylic acids is 1. The number of rotatable bonds is 3. The fourth-order valence-corrected chi connectivity index (χ4v) is 3.73. The van der Waals surface area contributed by atoms with Gasteiger partial charge in [-0.2, -0.15) is 13.2 Å². The average Bonchev–Trinajstić information content (AvgIpc) is 2.92. The highest BCUT2D eigenvalue weighted by Gasteiger charge is 2.58. The topological polar surface area (TPSA) is 88.3 Å². The number of carbonyl (C=O) groups excluding carboxylic acids is 1. The minimum atomic E-state index is -4.24. The second-order valence-electron chi connectivity index (χ2n) is 6.52. The van der Waals surface area contributed by atoms with Gasteiger partial charge >= 0.3 is 12.1 Å². The molecule has 2 fully saturated rings. The highest BCUT2D eigenvalue weighted by Crippen LogP contribution is 2.56. The van der Waals surface area contributed by atoms with Crippen LogP contribution in [0, 0.1) is 11.3 Å². The molecule has 10 heteroatoms. The summed E-state index contributed by atoms with van der Waals surface area (Å²) in [5, 5.41) is 15.7. The molecule has 2 heterocycles. The van der Waals surface area contributed by atoms with Crippen molar-refractivity contribution in [1.29, 1.82) is 0 Å². The van der Waals surface area contributed by atoms with Crippen LogP contribution < -0.4 is 0 Å². The molecule has 132 valence electrons. The predicted octanol–water partition coefficient (Wildman–Crippen LogP) is 1.56. The molecule has 0 bridgehead atoms. The fourth-order valence-electron chi connectivity index (χ4n) is 3.73. The lowest BCUT2D eigenvalue weighted by Crippen LogP contribution is -2.58. The van der Waals surface area contributed by atoms with Gasteiger partial charge in [-0.05, 0) is 24.7 Å². The third kappa shape index (κ3) is 2.96. The third-order valence-electron chi connectivity index (χ3n) is 5.08. The van der Waals surface area contributed by atoms with Crippen molar-refractivity contribution in [3.63, 3.8) is 0 Å². The Balaban J connectivity index is 1.67. The van der Waals surface area contributed by atoms with Crippen molar-refractivity contribution in [2.45, 2.75) is 38.4 Å². The zero-order chi connectivity index (χ0) is 17.5. The van der Waals surface area contributed by atoms with Crippen LogP contribution >= 0.6 is 0 Å². The Bertz CT molecular complexity index is 654. The van der Waals surface area contributed by atoms with Crippen LogP contribution in [0.15, 0.2) is 6.20 Å². The first-order valence-electron chi connectivity index (χ1n) is 7.69. The van der Waals surface area contributed by atoms with Gasteiger partial charge in [0, 0.05) is 13.1 Å². The van der Waals surface area contributed by atoms with Crippen LogP contribution in [0.4, 0.5) is 13.2 Å². The number of halogens is 3. The van der Waals surface area contributed by atoms with Gasteiger partial charge in [0.15, 0.2) is 5.69 Å². The fraction of sp³-hybridized carbons (Fsp3) is 0.714. The Hall–Kier alpha value is -2.13. The number of amides is 1. The Labute approximate surface area is 135 Å². The highest BCUT2D eigenvalue weighted by molar-refractivity contribution is 5.84. The Morgan fingerprint density at radius 1 is 1.38 bits per heavy atom. The average molecular weight is 346 g/mol. The van der Waals surface area contributed by atoms with Crippen LogP contribution in [0.3, 0.4) is 0 Å². The molecule has 1 aliphatic heterocycles. The predicted molar refractivity (Wildman–Crippen MR) is 74.0 cm³/mol. The second-order valence-corrected chi connectivity index (χ2v) is 6.52. The molecular formula is C14H17F3N4O3. The van der Waals surface area contributed by atoms with E-state index in [4.69, 9.17) is 5.11 Å². The maximum absolute atomic E-state index is 13.2. The van der Waals surface area contributed by atoms with Crippen molar-refractivity contribution in [2.75, 3.05) is 13.1 Å². The van der Waals surface area contributed by atoms with Gasteiger partial charge in [-0.3, -0.25) is 4.79 Å². The largest absolute Gasteiger partial charge is 0.476 e. The summed E-state index contributed by atoms with van der Waals surface area (Å²) in [4.78, 5) is 24.5. The van der Waals surface area contributed by atoms with Gasteiger partial charge in [-0.1, -0.05) is 11.6 Å². The van der Waals surface area contributed by atoms with E-state index in [2.05, 4.69) is 10.3 Å². The van der Waals surface area contributed by atoms with E-state index in [1.807, 2.05) is 0 Å². The number of piperidine rings is 1. The summed E-state index contributed by atoms with van der Waals surface area (Å²) < 4.78 is 40.8. The number of nitrogens with zero attached hydrogens (tertiary/aromatic N) is 4. The van der Waals surface area contributed by atoms with Gasteiger partial charge in [0.1, 0.15) is 6.54 Å². The maximum Gasteiger partial charge on any atom is 0.392 e. The van der Waals surface area contributed by atoms with E-state index in [0.29, 0.717) is 12.8 Å². The first-order chi connectivity index (χ1) is 11.2. The van der Waals surface area contributed by atoms with Gasteiger partial charge in [0.2, 0.25) is 5.91 Å². The summed E-state index contributed by atoms with van der Waals surface area (Å²) in [5.41, 5.74) is -1.14. The molecule has 1 aromatic rings. The van der Waals surface area contributed by atoms with E-state index in [0.717, 1.165) is 17.3 Å². The summed E-state index contributed by atoms with van der Waals surface area (Å²) in [6, 6.07) is 0. The third-order valence-corrected chi connectivity index (χ3v) is 5.08. The van der Waals surface area contributed by atoms with Crippen LogP contribution in [0.25, 0.3) is 0 Å². The molecule has 1 saturated carbocycles. The lowest BCUT2D eigenvalue weighted by Gasteiger charge is -2.54. The standard InChI is InChI=1S/C14H17F3N4O3/c15-14(16,17)10-2-5-20(8-13(10)3-1-4-13)11(22)7-21-6-9(12(23)24)18-19-21/h6,10H,1-5,7-8H2,(H,23,24). The molecule has 1 atom stereocenters. The SMILES string of the molecule is O=C(O)c1cn(CC(=O)N2CCC(C(F)(F)F)C3(CCC3)C2)nn1. The van der Waals surface area contributed by atoms with Crippen LogP contribution in [0.1, 0.15) is 36.2 Å². The molecule has 1 amide bonds. The van der Waals surface area contributed by atoms with Crippen molar-refractivity contribution in [1.82, 2.24) is 19.9 Å². The minimum Gasteiger partial charge on any atom is -0.476 e.